The first-order chi connectivity index (χ1) is 12.4. The molecular weight excluding hydrogens is 346 g/mol. The van der Waals surface area contributed by atoms with Crippen LogP contribution < -0.4 is 4.31 Å². The van der Waals surface area contributed by atoms with Gasteiger partial charge in [0.25, 0.3) is 10.0 Å². The van der Waals surface area contributed by atoms with Gasteiger partial charge in [0.05, 0.1) is 16.6 Å². The second-order valence-electron chi connectivity index (χ2n) is 6.58. The highest BCUT2D eigenvalue weighted by atomic mass is 32.2. The van der Waals surface area contributed by atoms with Crippen molar-refractivity contribution >= 4 is 15.7 Å². The first kappa shape index (κ1) is 16.7. The summed E-state index contributed by atoms with van der Waals surface area (Å²) in [4.78, 5) is 0.160. The number of phenols is 1. The number of para-hydroxylation sites is 1. The van der Waals surface area contributed by atoms with Crippen molar-refractivity contribution < 1.29 is 13.5 Å². The van der Waals surface area contributed by atoms with E-state index in [1.165, 1.54) is 28.6 Å². The van der Waals surface area contributed by atoms with Gasteiger partial charge in [0.15, 0.2) is 0 Å². The van der Waals surface area contributed by atoms with Crippen molar-refractivity contribution in [1.29, 1.82) is 0 Å². The number of aryl methyl sites for hydroxylation is 1. The summed E-state index contributed by atoms with van der Waals surface area (Å²) >= 11 is 0. The van der Waals surface area contributed by atoms with Crippen LogP contribution in [0.4, 0.5) is 5.69 Å². The first-order valence-corrected chi connectivity index (χ1v) is 9.87. The third-order valence-corrected chi connectivity index (χ3v) is 6.73. The average molecular weight is 365 g/mol. The maximum atomic E-state index is 13.4. The minimum atomic E-state index is -3.77. The number of rotatable bonds is 2. The molecule has 0 saturated carbocycles. The molecule has 0 saturated heterocycles. The topological polar surface area (TPSA) is 57.6 Å². The fourth-order valence-electron chi connectivity index (χ4n) is 3.57. The third-order valence-electron chi connectivity index (χ3n) is 4.83. The third kappa shape index (κ3) is 2.47. The smallest absolute Gasteiger partial charge is 0.264 e. The number of nitrogens with zero attached hydrogens (tertiary/aromatic N) is 1. The van der Waals surface area contributed by atoms with Gasteiger partial charge >= 0.3 is 0 Å². The molecular formula is C21H19NO3S. The zero-order valence-electron chi connectivity index (χ0n) is 14.5. The molecule has 1 unspecified atom stereocenters. The van der Waals surface area contributed by atoms with Crippen molar-refractivity contribution in [2.45, 2.75) is 24.8 Å². The molecule has 132 valence electrons. The molecule has 1 atom stereocenters. The fourth-order valence-corrected chi connectivity index (χ4v) is 5.23. The molecule has 1 aliphatic heterocycles. The van der Waals surface area contributed by atoms with Crippen molar-refractivity contribution in [2.75, 3.05) is 4.31 Å². The number of phenolic OH excluding ortho intramolecular Hbond substituents is 1. The zero-order valence-corrected chi connectivity index (χ0v) is 15.4. The summed E-state index contributed by atoms with van der Waals surface area (Å²) in [6, 6.07) is 19.1. The summed E-state index contributed by atoms with van der Waals surface area (Å²) in [5, 5.41) is 9.49. The lowest BCUT2D eigenvalue weighted by atomic mass is 9.89. The molecule has 3 aromatic carbocycles. The summed E-state index contributed by atoms with van der Waals surface area (Å²) in [5.74, 6) is 0.0389. The van der Waals surface area contributed by atoms with Crippen LogP contribution in [0.15, 0.2) is 71.6 Å². The van der Waals surface area contributed by atoms with E-state index < -0.39 is 10.0 Å². The maximum Gasteiger partial charge on any atom is 0.264 e. The number of hydrogen-bond acceptors (Lipinski definition) is 3. The number of sulfonamides is 1. The van der Waals surface area contributed by atoms with E-state index in [9.17, 15) is 13.5 Å². The Bertz CT molecular complexity index is 1090. The van der Waals surface area contributed by atoms with Gasteiger partial charge in [-0.25, -0.2) is 8.42 Å². The van der Waals surface area contributed by atoms with E-state index >= 15 is 0 Å². The minimum absolute atomic E-state index is 0.0389. The molecule has 4 nitrogen and oxygen atoms in total. The Labute approximate surface area is 153 Å². The van der Waals surface area contributed by atoms with Crippen molar-refractivity contribution in [3.8, 4) is 16.9 Å². The molecule has 0 fully saturated rings. The molecule has 0 bridgehead atoms. The Morgan fingerprint density at radius 2 is 1.62 bits per heavy atom. The fraction of sp³-hybridized carbons (Fsp3) is 0.143. The van der Waals surface area contributed by atoms with Crippen LogP contribution in [-0.2, 0) is 10.0 Å². The number of fused-ring (bicyclic) bond motifs is 3. The van der Waals surface area contributed by atoms with E-state index in [1.807, 2.05) is 44.2 Å². The summed E-state index contributed by atoms with van der Waals surface area (Å²) in [7, 11) is -3.77. The molecule has 0 aromatic heterocycles. The van der Waals surface area contributed by atoms with Gasteiger partial charge in [-0.15, -0.1) is 0 Å². The predicted molar refractivity (Wildman–Crippen MR) is 103 cm³/mol. The quantitative estimate of drug-likeness (QED) is 0.720. The minimum Gasteiger partial charge on any atom is -0.508 e. The van der Waals surface area contributed by atoms with Gasteiger partial charge in [-0.3, -0.25) is 4.31 Å². The monoisotopic (exact) mass is 365 g/mol. The average Bonchev–Trinajstić information content (AvgIpc) is 2.62. The molecule has 26 heavy (non-hydrogen) atoms. The summed E-state index contributed by atoms with van der Waals surface area (Å²) < 4.78 is 28.3. The lowest BCUT2D eigenvalue weighted by Gasteiger charge is -2.37. The van der Waals surface area contributed by atoms with Crippen LogP contribution in [0.3, 0.4) is 0 Å². The van der Waals surface area contributed by atoms with E-state index in [1.54, 1.807) is 0 Å². The second kappa shape index (κ2) is 5.88. The van der Waals surface area contributed by atoms with Gasteiger partial charge in [-0.2, -0.15) is 0 Å². The van der Waals surface area contributed by atoms with Crippen LogP contribution in [0.25, 0.3) is 11.1 Å². The largest absolute Gasteiger partial charge is 0.508 e. The summed E-state index contributed by atoms with van der Waals surface area (Å²) in [6.07, 6.45) is 0. The van der Waals surface area contributed by atoms with Crippen LogP contribution in [0.1, 0.15) is 24.1 Å². The van der Waals surface area contributed by atoms with Crippen LogP contribution in [0.5, 0.6) is 5.75 Å². The van der Waals surface area contributed by atoms with Gasteiger partial charge in [-0.05, 0) is 55.3 Å². The second-order valence-corrected chi connectivity index (χ2v) is 8.39. The number of aromatic hydroxyl groups is 1. The predicted octanol–water partition coefficient (Wildman–Crippen LogP) is 4.64. The number of benzene rings is 3. The van der Waals surface area contributed by atoms with Gasteiger partial charge in [0.2, 0.25) is 0 Å². The molecule has 1 heterocycles. The van der Waals surface area contributed by atoms with Crippen molar-refractivity contribution in [1.82, 2.24) is 0 Å². The molecule has 0 aliphatic carbocycles. The Balaban J connectivity index is 1.96. The normalized spacial score (nSPS) is 16.1. The van der Waals surface area contributed by atoms with Crippen LogP contribution in [0.2, 0.25) is 0 Å². The number of hydrogen-bond donors (Lipinski definition) is 1. The Hall–Kier alpha value is -2.79. The number of anilines is 1. The van der Waals surface area contributed by atoms with Crippen LogP contribution >= 0.6 is 0 Å². The van der Waals surface area contributed by atoms with E-state index in [4.69, 9.17) is 0 Å². The molecule has 5 heteroatoms. The lowest BCUT2D eigenvalue weighted by Crippen LogP contribution is -2.36. The van der Waals surface area contributed by atoms with Gasteiger partial charge in [0.1, 0.15) is 5.75 Å². The summed E-state index contributed by atoms with van der Waals surface area (Å²) in [5.41, 5.74) is 4.73. The Morgan fingerprint density at radius 1 is 0.923 bits per heavy atom. The van der Waals surface area contributed by atoms with E-state index in [0.717, 1.165) is 22.3 Å². The highest BCUT2D eigenvalue weighted by Crippen LogP contribution is 2.47. The van der Waals surface area contributed by atoms with E-state index in [2.05, 4.69) is 12.1 Å². The SMILES string of the molecule is Cc1ccc2c(c1)C(C)N(S(=O)(=O)c1ccc(O)cc1)c1ccccc1-2. The maximum absolute atomic E-state index is 13.4. The van der Waals surface area contributed by atoms with Gasteiger partial charge in [-0.1, -0.05) is 42.0 Å². The molecule has 0 spiro atoms. The van der Waals surface area contributed by atoms with Crippen molar-refractivity contribution in [3.63, 3.8) is 0 Å². The Kier molecular flexibility index (Phi) is 3.77. The van der Waals surface area contributed by atoms with Crippen molar-refractivity contribution in [3.05, 3.63) is 77.9 Å². The van der Waals surface area contributed by atoms with Crippen molar-refractivity contribution in [2.24, 2.45) is 0 Å². The van der Waals surface area contributed by atoms with Crippen LogP contribution in [0, 0.1) is 6.92 Å². The lowest BCUT2D eigenvalue weighted by molar-refractivity contribution is 0.474. The first-order valence-electron chi connectivity index (χ1n) is 8.43. The zero-order chi connectivity index (χ0) is 18.5. The standard InChI is InChI=1S/C21H19NO3S/c1-14-7-12-18-19-5-3-4-6-21(19)22(15(2)20(18)13-14)26(24,25)17-10-8-16(23)9-11-17/h3-13,15,23H,1-2H3. The molecule has 1 aliphatic rings. The summed E-state index contributed by atoms with van der Waals surface area (Å²) in [6.45, 7) is 3.92. The van der Waals surface area contributed by atoms with E-state index in [-0.39, 0.29) is 16.7 Å². The molecule has 0 amide bonds. The van der Waals surface area contributed by atoms with Gasteiger partial charge < -0.3 is 5.11 Å². The van der Waals surface area contributed by atoms with Crippen LogP contribution in [-0.4, -0.2) is 13.5 Å². The highest BCUT2D eigenvalue weighted by molar-refractivity contribution is 7.92. The molecule has 1 N–H and O–H groups in total. The molecule has 0 radical (unpaired) electrons. The molecule has 3 aromatic rings. The highest BCUT2D eigenvalue weighted by Gasteiger charge is 2.36. The molecule has 4 rings (SSSR count). The van der Waals surface area contributed by atoms with E-state index in [0.29, 0.717) is 5.69 Å². The van der Waals surface area contributed by atoms with Gasteiger partial charge in [0, 0.05) is 5.56 Å². The Morgan fingerprint density at radius 3 is 2.35 bits per heavy atom.